The summed E-state index contributed by atoms with van der Waals surface area (Å²) >= 11 is 0. The number of ether oxygens (including phenoxy) is 1. The van der Waals surface area contributed by atoms with Gasteiger partial charge in [0.2, 0.25) is 0 Å². The first-order valence-corrected chi connectivity index (χ1v) is 8.78. The monoisotopic (exact) mass is 342 g/mol. The highest BCUT2D eigenvalue weighted by molar-refractivity contribution is 6.03. The molecule has 1 aromatic heterocycles. The van der Waals surface area contributed by atoms with Crippen molar-refractivity contribution in [3.63, 3.8) is 0 Å². The normalized spacial score (nSPS) is 15.2. The molecule has 2 aromatic rings. The van der Waals surface area contributed by atoms with E-state index in [0.29, 0.717) is 12.3 Å². The van der Waals surface area contributed by atoms with Crippen molar-refractivity contribution in [1.82, 2.24) is 0 Å². The zero-order valence-electron chi connectivity index (χ0n) is 14.4. The Kier molecular flexibility index (Phi) is 5.31. The van der Waals surface area contributed by atoms with Crippen molar-refractivity contribution in [2.24, 2.45) is 5.92 Å². The van der Waals surface area contributed by atoms with Crippen LogP contribution >= 0.6 is 0 Å². The number of carbonyl (C=O) groups is 2. The Morgan fingerprint density at radius 3 is 2.68 bits per heavy atom. The molecule has 0 bridgehead atoms. The number of fused-ring (bicyclic) bond motifs is 1. The van der Waals surface area contributed by atoms with E-state index in [4.69, 9.17) is 9.15 Å². The van der Waals surface area contributed by atoms with Gasteiger partial charge in [0.05, 0.1) is 12.5 Å². The van der Waals surface area contributed by atoms with Crippen molar-refractivity contribution in [1.29, 1.82) is 0 Å². The summed E-state index contributed by atoms with van der Waals surface area (Å²) in [4.78, 5) is 36.7. The molecule has 1 aliphatic rings. The third kappa shape index (κ3) is 3.81. The van der Waals surface area contributed by atoms with E-state index in [1.54, 1.807) is 12.1 Å². The van der Waals surface area contributed by atoms with Crippen molar-refractivity contribution in [2.75, 3.05) is 7.11 Å². The van der Waals surface area contributed by atoms with Gasteiger partial charge in [0.1, 0.15) is 5.56 Å². The van der Waals surface area contributed by atoms with Gasteiger partial charge in [-0.05, 0) is 24.5 Å². The number of benzene rings is 1. The van der Waals surface area contributed by atoms with Crippen molar-refractivity contribution in [2.45, 2.75) is 44.9 Å². The SMILES string of the molecule is COC(=O)c1cccc2c(=O)cc(C(=O)CCC3CCCCC3)oc12. The van der Waals surface area contributed by atoms with E-state index in [1.807, 2.05) is 0 Å². The Hall–Kier alpha value is -2.43. The van der Waals surface area contributed by atoms with Gasteiger partial charge in [0, 0.05) is 12.5 Å². The van der Waals surface area contributed by atoms with Gasteiger partial charge in [-0.25, -0.2) is 4.79 Å². The van der Waals surface area contributed by atoms with Crippen LogP contribution in [0.4, 0.5) is 0 Å². The molecule has 132 valence electrons. The number of carbonyl (C=O) groups excluding carboxylic acids is 2. The Balaban J connectivity index is 1.87. The van der Waals surface area contributed by atoms with E-state index in [-0.39, 0.29) is 33.5 Å². The number of ketones is 1. The molecule has 0 atom stereocenters. The maximum atomic E-state index is 12.5. The van der Waals surface area contributed by atoms with Crippen molar-refractivity contribution in [3.8, 4) is 0 Å². The van der Waals surface area contributed by atoms with E-state index in [9.17, 15) is 14.4 Å². The summed E-state index contributed by atoms with van der Waals surface area (Å²) in [6.07, 6.45) is 7.25. The summed E-state index contributed by atoms with van der Waals surface area (Å²) < 4.78 is 10.4. The van der Waals surface area contributed by atoms with Gasteiger partial charge in [0.25, 0.3) is 0 Å². The minimum absolute atomic E-state index is 0.0182. The number of hydrogen-bond acceptors (Lipinski definition) is 5. The molecule has 0 unspecified atom stereocenters. The zero-order valence-corrected chi connectivity index (χ0v) is 14.4. The molecule has 0 radical (unpaired) electrons. The van der Waals surface area contributed by atoms with Gasteiger partial charge in [0.15, 0.2) is 22.6 Å². The van der Waals surface area contributed by atoms with Crippen LogP contribution in [0.2, 0.25) is 0 Å². The van der Waals surface area contributed by atoms with E-state index in [1.165, 1.54) is 51.3 Å². The van der Waals surface area contributed by atoms with Crippen molar-refractivity contribution >= 4 is 22.7 Å². The van der Waals surface area contributed by atoms with E-state index >= 15 is 0 Å². The predicted molar refractivity (Wildman–Crippen MR) is 94.0 cm³/mol. The van der Waals surface area contributed by atoms with Crippen molar-refractivity contribution < 1.29 is 18.7 Å². The molecule has 0 aliphatic heterocycles. The maximum Gasteiger partial charge on any atom is 0.341 e. The standard InChI is InChI=1S/C20H22O5/c1-24-20(23)15-9-5-8-14-17(22)12-18(25-19(14)15)16(21)11-10-13-6-3-2-4-7-13/h5,8-9,12-13H,2-4,6-7,10-11H2,1H3. The number of hydrogen-bond donors (Lipinski definition) is 0. The maximum absolute atomic E-state index is 12.5. The van der Waals surface area contributed by atoms with Gasteiger partial charge in [-0.3, -0.25) is 9.59 Å². The zero-order chi connectivity index (χ0) is 17.8. The fourth-order valence-electron chi connectivity index (χ4n) is 3.52. The lowest BCUT2D eigenvalue weighted by Crippen LogP contribution is -2.12. The summed E-state index contributed by atoms with van der Waals surface area (Å²) in [7, 11) is 1.26. The average Bonchev–Trinajstić information content (AvgIpc) is 2.65. The smallest absolute Gasteiger partial charge is 0.341 e. The second-order valence-electron chi connectivity index (χ2n) is 6.61. The van der Waals surface area contributed by atoms with Gasteiger partial charge < -0.3 is 9.15 Å². The number of esters is 1. The molecule has 1 heterocycles. The molecule has 3 rings (SSSR count). The number of Topliss-reactive ketones (excluding diaryl/α,β-unsaturated/α-hetero) is 1. The van der Waals surface area contributed by atoms with Crippen molar-refractivity contribution in [3.05, 3.63) is 45.8 Å². The quantitative estimate of drug-likeness (QED) is 0.603. The summed E-state index contributed by atoms with van der Waals surface area (Å²) in [6, 6.07) is 5.92. The first-order valence-electron chi connectivity index (χ1n) is 8.78. The Bertz CT molecular complexity index is 843. The molecule has 0 saturated heterocycles. The number of rotatable bonds is 5. The molecular weight excluding hydrogens is 320 g/mol. The van der Waals surface area contributed by atoms with Crippen LogP contribution in [0, 0.1) is 5.92 Å². The molecule has 1 fully saturated rings. The van der Waals surface area contributed by atoms with Crippen LogP contribution in [-0.4, -0.2) is 18.9 Å². The van der Waals surface area contributed by atoms with Gasteiger partial charge in [-0.1, -0.05) is 38.2 Å². The lowest BCUT2D eigenvalue weighted by atomic mass is 9.85. The Morgan fingerprint density at radius 2 is 1.96 bits per heavy atom. The van der Waals surface area contributed by atoms with Crippen LogP contribution in [0.25, 0.3) is 11.0 Å². The van der Waals surface area contributed by atoms with Gasteiger partial charge in [-0.15, -0.1) is 0 Å². The first kappa shape index (κ1) is 17.4. The van der Waals surface area contributed by atoms with Gasteiger partial charge >= 0.3 is 5.97 Å². The average molecular weight is 342 g/mol. The lowest BCUT2D eigenvalue weighted by Gasteiger charge is -2.20. The summed E-state index contributed by atoms with van der Waals surface area (Å²) in [5.41, 5.74) is -0.0603. The molecule has 0 amide bonds. The molecule has 0 spiro atoms. The molecule has 5 heteroatoms. The Labute approximate surface area is 146 Å². The van der Waals surface area contributed by atoms with Crippen LogP contribution in [0.3, 0.4) is 0 Å². The molecule has 1 saturated carbocycles. The van der Waals surface area contributed by atoms with E-state index in [2.05, 4.69) is 0 Å². The third-order valence-electron chi connectivity index (χ3n) is 4.94. The van der Waals surface area contributed by atoms with E-state index < -0.39 is 5.97 Å². The summed E-state index contributed by atoms with van der Waals surface area (Å²) in [5, 5.41) is 0.270. The van der Waals surface area contributed by atoms with Gasteiger partial charge in [-0.2, -0.15) is 0 Å². The lowest BCUT2D eigenvalue weighted by molar-refractivity contribution is 0.0601. The number of para-hydroxylation sites is 1. The van der Waals surface area contributed by atoms with E-state index in [0.717, 1.165) is 6.42 Å². The highest BCUT2D eigenvalue weighted by atomic mass is 16.5. The topological polar surface area (TPSA) is 73.6 Å². The molecule has 25 heavy (non-hydrogen) atoms. The first-order chi connectivity index (χ1) is 12.1. The van der Waals surface area contributed by atoms with Crippen LogP contribution in [0.15, 0.2) is 33.5 Å². The summed E-state index contributed by atoms with van der Waals surface area (Å²) in [5.74, 6) is -0.190. The largest absolute Gasteiger partial charge is 0.465 e. The third-order valence-corrected chi connectivity index (χ3v) is 4.94. The summed E-state index contributed by atoms with van der Waals surface area (Å²) in [6.45, 7) is 0. The van der Waals surface area contributed by atoms with Crippen LogP contribution in [0.1, 0.15) is 65.9 Å². The highest BCUT2D eigenvalue weighted by Gasteiger charge is 2.20. The molecule has 0 N–H and O–H groups in total. The minimum atomic E-state index is -0.597. The minimum Gasteiger partial charge on any atom is -0.465 e. The molecular formula is C20H22O5. The second kappa shape index (κ2) is 7.64. The van der Waals surface area contributed by atoms with Crippen LogP contribution < -0.4 is 5.43 Å². The predicted octanol–water partition coefficient (Wildman–Crippen LogP) is 4.12. The second-order valence-corrected chi connectivity index (χ2v) is 6.61. The fraction of sp³-hybridized carbons (Fsp3) is 0.450. The number of methoxy groups -OCH3 is 1. The van der Waals surface area contributed by atoms with Crippen LogP contribution in [-0.2, 0) is 4.74 Å². The fourth-order valence-corrected chi connectivity index (χ4v) is 3.52. The molecule has 5 nitrogen and oxygen atoms in total. The molecule has 1 aliphatic carbocycles. The Morgan fingerprint density at radius 1 is 1.20 bits per heavy atom. The van der Waals surface area contributed by atoms with Crippen LogP contribution in [0.5, 0.6) is 0 Å². The highest BCUT2D eigenvalue weighted by Crippen LogP contribution is 2.28. The molecule has 1 aromatic carbocycles.